The van der Waals surface area contributed by atoms with Crippen LogP contribution in [0.5, 0.6) is 0 Å². The molecule has 3 nitrogen and oxygen atoms in total. The highest BCUT2D eigenvalue weighted by atomic mass is 16.1. The fourth-order valence-corrected chi connectivity index (χ4v) is 2.18. The lowest BCUT2D eigenvalue weighted by molar-refractivity contribution is 0.101. The number of aromatic nitrogens is 2. The van der Waals surface area contributed by atoms with Crippen molar-refractivity contribution in [2.24, 2.45) is 5.92 Å². The quantitative estimate of drug-likeness (QED) is 0.732. The summed E-state index contributed by atoms with van der Waals surface area (Å²) >= 11 is 0. The van der Waals surface area contributed by atoms with Gasteiger partial charge in [-0.3, -0.25) is 4.79 Å². The molecule has 0 radical (unpaired) electrons. The van der Waals surface area contributed by atoms with E-state index in [1.54, 1.807) is 13.1 Å². The molecule has 14 heavy (non-hydrogen) atoms. The van der Waals surface area contributed by atoms with Gasteiger partial charge in [0.15, 0.2) is 5.78 Å². The summed E-state index contributed by atoms with van der Waals surface area (Å²) in [5.74, 6) is 2.40. The average molecular weight is 192 g/mol. The summed E-state index contributed by atoms with van der Waals surface area (Å²) in [7, 11) is 0. The lowest BCUT2D eigenvalue weighted by Gasteiger charge is -2.04. The summed E-state index contributed by atoms with van der Waals surface area (Å²) in [6, 6.07) is 0. The number of imidazole rings is 1. The third-order valence-corrected chi connectivity index (χ3v) is 3.06. The fourth-order valence-electron chi connectivity index (χ4n) is 2.18. The van der Waals surface area contributed by atoms with Crippen LogP contribution in [-0.4, -0.2) is 15.8 Å². The second kappa shape index (κ2) is 3.56. The van der Waals surface area contributed by atoms with Crippen LogP contribution in [0.4, 0.5) is 0 Å². The van der Waals surface area contributed by atoms with Crippen molar-refractivity contribution in [2.75, 3.05) is 0 Å². The van der Waals surface area contributed by atoms with Crippen molar-refractivity contribution < 1.29 is 4.79 Å². The van der Waals surface area contributed by atoms with Crippen molar-refractivity contribution in [3.8, 4) is 0 Å². The molecule has 76 valence electrons. The molecule has 2 unspecified atom stereocenters. The third kappa shape index (κ3) is 1.72. The standard InChI is InChI=1S/C11H16N2O/c1-7-3-4-9(5-7)11-12-6-10(13-11)8(2)14/h6-7,9H,3-5H2,1-2H3,(H,12,13). The van der Waals surface area contributed by atoms with Crippen molar-refractivity contribution in [3.05, 3.63) is 17.7 Å². The molecule has 1 saturated carbocycles. The van der Waals surface area contributed by atoms with Gasteiger partial charge in [-0.1, -0.05) is 6.92 Å². The first-order chi connectivity index (χ1) is 6.66. The Morgan fingerprint density at radius 1 is 1.57 bits per heavy atom. The van der Waals surface area contributed by atoms with Crippen molar-refractivity contribution in [1.29, 1.82) is 0 Å². The number of nitrogens with one attached hydrogen (secondary N) is 1. The minimum Gasteiger partial charge on any atom is -0.339 e. The van der Waals surface area contributed by atoms with Crippen LogP contribution in [0.1, 0.15) is 55.3 Å². The molecule has 0 aliphatic heterocycles. The highest BCUT2D eigenvalue weighted by molar-refractivity contribution is 5.91. The molecular weight excluding hydrogens is 176 g/mol. The summed E-state index contributed by atoms with van der Waals surface area (Å²) in [5, 5.41) is 0. The van der Waals surface area contributed by atoms with E-state index in [4.69, 9.17) is 0 Å². The summed E-state index contributed by atoms with van der Waals surface area (Å²) in [5.41, 5.74) is 0.638. The Kier molecular flexibility index (Phi) is 2.40. The number of carbonyl (C=O) groups excluding carboxylic acids is 1. The highest BCUT2D eigenvalue weighted by Crippen LogP contribution is 2.36. The Hall–Kier alpha value is -1.12. The number of nitrogens with zero attached hydrogens (tertiary/aromatic N) is 1. The van der Waals surface area contributed by atoms with Crippen molar-refractivity contribution in [3.63, 3.8) is 0 Å². The van der Waals surface area contributed by atoms with Gasteiger partial charge in [0.1, 0.15) is 11.5 Å². The molecule has 0 aromatic carbocycles. The van der Waals surface area contributed by atoms with E-state index in [1.165, 1.54) is 19.3 Å². The second-order valence-corrected chi connectivity index (χ2v) is 4.35. The normalized spacial score (nSPS) is 26.7. The molecule has 1 heterocycles. The molecule has 3 heteroatoms. The number of aromatic amines is 1. The van der Waals surface area contributed by atoms with Crippen LogP contribution in [0.15, 0.2) is 6.20 Å². The topological polar surface area (TPSA) is 45.8 Å². The van der Waals surface area contributed by atoms with Crippen LogP contribution in [-0.2, 0) is 0 Å². The molecule has 1 fully saturated rings. The molecule has 1 aliphatic rings. The first kappa shape index (κ1) is 9.44. The molecule has 2 rings (SSSR count). The lowest BCUT2D eigenvalue weighted by atomic mass is 10.1. The van der Waals surface area contributed by atoms with Gasteiger partial charge in [-0.15, -0.1) is 0 Å². The molecule has 2 atom stereocenters. The zero-order valence-corrected chi connectivity index (χ0v) is 8.71. The lowest BCUT2D eigenvalue weighted by Crippen LogP contribution is -1.98. The molecule has 1 aliphatic carbocycles. The summed E-state index contributed by atoms with van der Waals surface area (Å²) < 4.78 is 0. The van der Waals surface area contributed by atoms with Crippen LogP contribution >= 0.6 is 0 Å². The van der Waals surface area contributed by atoms with Crippen LogP contribution in [0, 0.1) is 5.92 Å². The molecule has 1 aromatic rings. The maximum Gasteiger partial charge on any atom is 0.177 e. The number of Topliss-reactive ketones (excluding diaryl/α,β-unsaturated/α-hetero) is 1. The maximum absolute atomic E-state index is 11.1. The molecule has 0 saturated heterocycles. The predicted molar refractivity (Wildman–Crippen MR) is 54.3 cm³/mol. The van der Waals surface area contributed by atoms with Gasteiger partial charge in [0.05, 0.1) is 6.20 Å². The van der Waals surface area contributed by atoms with Gasteiger partial charge >= 0.3 is 0 Å². The summed E-state index contributed by atoms with van der Waals surface area (Å²) in [4.78, 5) is 18.5. The van der Waals surface area contributed by atoms with Gasteiger partial charge in [0.2, 0.25) is 0 Å². The summed E-state index contributed by atoms with van der Waals surface area (Å²) in [6.07, 6.45) is 5.33. The Bertz CT molecular complexity index is 343. The Morgan fingerprint density at radius 2 is 2.36 bits per heavy atom. The molecular formula is C11H16N2O. The number of ketones is 1. The first-order valence-corrected chi connectivity index (χ1v) is 5.22. The van der Waals surface area contributed by atoms with E-state index in [1.807, 2.05) is 0 Å². The van der Waals surface area contributed by atoms with Gasteiger partial charge in [-0.25, -0.2) is 4.98 Å². The number of H-pyrrole nitrogens is 1. The molecule has 0 bridgehead atoms. The van der Waals surface area contributed by atoms with Gasteiger partial charge in [0.25, 0.3) is 0 Å². The highest BCUT2D eigenvalue weighted by Gasteiger charge is 2.25. The molecule has 0 amide bonds. The van der Waals surface area contributed by atoms with Crippen LogP contribution in [0.25, 0.3) is 0 Å². The Morgan fingerprint density at radius 3 is 2.86 bits per heavy atom. The average Bonchev–Trinajstić information content (AvgIpc) is 2.70. The van der Waals surface area contributed by atoms with E-state index >= 15 is 0 Å². The van der Waals surface area contributed by atoms with Crippen molar-refractivity contribution in [1.82, 2.24) is 9.97 Å². The number of hydrogen-bond acceptors (Lipinski definition) is 2. The minimum atomic E-state index is 0.0646. The smallest absolute Gasteiger partial charge is 0.177 e. The van der Waals surface area contributed by atoms with Crippen LogP contribution in [0.3, 0.4) is 0 Å². The van der Waals surface area contributed by atoms with E-state index in [-0.39, 0.29) is 5.78 Å². The van der Waals surface area contributed by atoms with E-state index in [0.29, 0.717) is 11.6 Å². The summed E-state index contributed by atoms with van der Waals surface area (Å²) in [6.45, 7) is 3.84. The van der Waals surface area contributed by atoms with Gasteiger partial charge in [0, 0.05) is 12.8 Å². The largest absolute Gasteiger partial charge is 0.339 e. The Balaban J connectivity index is 2.13. The first-order valence-electron chi connectivity index (χ1n) is 5.22. The second-order valence-electron chi connectivity index (χ2n) is 4.35. The van der Waals surface area contributed by atoms with Crippen molar-refractivity contribution >= 4 is 5.78 Å². The molecule has 1 aromatic heterocycles. The van der Waals surface area contributed by atoms with Crippen molar-refractivity contribution in [2.45, 2.75) is 39.0 Å². The molecule has 0 spiro atoms. The van der Waals surface area contributed by atoms with E-state index in [9.17, 15) is 4.79 Å². The van der Waals surface area contributed by atoms with Crippen LogP contribution < -0.4 is 0 Å². The van der Waals surface area contributed by atoms with Gasteiger partial charge < -0.3 is 4.98 Å². The molecule has 1 N–H and O–H groups in total. The predicted octanol–water partition coefficient (Wildman–Crippen LogP) is 2.52. The third-order valence-electron chi connectivity index (χ3n) is 3.06. The SMILES string of the molecule is CC(=O)c1cnc(C2CCC(C)C2)[nH]1. The van der Waals surface area contributed by atoms with E-state index in [0.717, 1.165) is 11.7 Å². The van der Waals surface area contributed by atoms with E-state index < -0.39 is 0 Å². The fraction of sp³-hybridized carbons (Fsp3) is 0.636. The van der Waals surface area contributed by atoms with Crippen LogP contribution in [0.2, 0.25) is 0 Å². The number of hydrogen-bond donors (Lipinski definition) is 1. The number of rotatable bonds is 2. The number of carbonyl (C=O) groups is 1. The zero-order chi connectivity index (χ0) is 10.1. The minimum absolute atomic E-state index is 0.0646. The Labute approximate surface area is 83.9 Å². The monoisotopic (exact) mass is 192 g/mol. The van der Waals surface area contributed by atoms with Gasteiger partial charge in [-0.2, -0.15) is 0 Å². The zero-order valence-electron chi connectivity index (χ0n) is 8.71. The maximum atomic E-state index is 11.1. The van der Waals surface area contributed by atoms with Gasteiger partial charge in [-0.05, 0) is 25.2 Å². The van der Waals surface area contributed by atoms with E-state index in [2.05, 4.69) is 16.9 Å².